The number of pyridine rings is 2. The summed E-state index contributed by atoms with van der Waals surface area (Å²) in [6.07, 6.45) is 2.04. The Labute approximate surface area is 351 Å². The number of hydrogen-bond acceptors (Lipinski definition) is 4. The third-order valence-electron chi connectivity index (χ3n) is 9.96. The van der Waals surface area contributed by atoms with Gasteiger partial charge >= 0.3 is 99.8 Å². The van der Waals surface area contributed by atoms with Crippen LogP contribution in [-0.4, -0.2) is 32.8 Å². The van der Waals surface area contributed by atoms with Crippen LogP contribution in [0.5, 0.6) is 0 Å². The van der Waals surface area contributed by atoms with Crippen molar-refractivity contribution in [3.05, 3.63) is 175 Å². The topological polar surface area (TPSA) is 56.7 Å². The summed E-state index contributed by atoms with van der Waals surface area (Å²) in [5.74, 6) is 7.23. The zero-order chi connectivity index (χ0) is 40.9. The molecule has 5 nitrogen and oxygen atoms in total. The normalized spacial score (nSPS) is 12.5. The Morgan fingerprint density at radius 3 is 2.32 bits per heavy atom. The molecule has 0 saturated heterocycles. The zero-order valence-corrected chi connectivity index (χ0v) is 35.8. The van der Waals surface area contributed by atoms with Gasteiger partial charge in [0.25, 0.3) is 0 Å². The molecule has 0 N–H and O–H groups in total. The van der Waals surface area contributed by atoms with Crippen molar-refractivity contribution < 1.29 is 33.0 Å². The fourth-order valence-electron chi connectivity index (χ4n) is 7.01. The molecule has 8 heteroatoms. The van der Waals surface area contributed by atoms with Crippen LogP contribution in [0, 0.1) is 24.8 Å². The van der Waals surface area contributed by atoms with Crippen LogP contribution in [0.25, 0.3) is 83.5 Å². The Morgan fingerprint density at radius 1 is 0.719 bits per heavy atom. The number of imidazole rings is 1. The Kier molecular flexibility index (Phi) is 9.48. The molecule has 281 valence electrons. The average Bonchev–Trinajstić information content (AvgIpc) is 3.83. The summed E-state index contributed by atoms with van der Waals surface area (Å²) in [4.78, 5) is 14.1. The SMILES string of the molecule is [2H]C([2H])([2H])c1ccccc1-c1ccc2c(n1)oc1c(-c3nc4cccc(F)c4n3-c3ccc4ccccc4c3)[c-]ccc12.[CH3][Ge]([CH3])([CH3])[c]1ccc(-c2[c-]cccc2)nc1.[Ir]. The van der Waals surface area contributed by atoms with Gasteiger partial charge in [0.2, 0.25) is 5.71 Å². The predicted molar refractivity (Wildman–Crippen MR) is 230 cm³/mol. The summed E-state index contributed by atoms with van der Waals surface area (Å²) in [6, 6.07) is 51.8. The van der Waals surface area contributed by atoms with Crippen molar-refractivity contribution in [2.24, 2.45) is 0 Å². The first-order chi connectivity index (χ1) is 28.4. The number of benzene rings is 6. The molecule has 10 rings (SSSR count). The molecular formula is C49H37FGeIrN4O-2. The molecule has 0 aliphatic heterocycles. The summed E-state index contributed by atoms with van der Waals surface area (Å²) in [6.45, 7) is -2.29. The van der Waals surface area contributed by atoms with E-state index in [2.05, 4.69) is 46.5 Å². The Morgan fingerprint density at radius 2 is 1.53 bits per heavy atom. The number of para-hydroxylation sites is 1. The van der Waals surface area contributed by atoms with Crippen LogP contribution in [0.3, 0.4) is 0 Å². The summed E-state index contributed by atoms with van der Waals surface area (Å²) < 4.78 is 49.0. The molecule has 4 heterocycles. The van der Waals surface area contributed by atoms with E-state index in [-0.39, 0.29) is 31.5 Å². The van der Waals surface area contributed by atoms with Crippen LogP contribution < -0.4 is 4.40 Å². The molecule has 0 bridgehead atoms. The Hall–Kier alpha value is -5.73. The number of furan rings is 1. The molecular weight excluding hydrogens is 944 g/mol. The Balaban J connectivity index is 0.000000248. The first kappa shape index (κ1) is 34.5. The molecule has 0 aliphatic rings. The maximum atomic E-state index is 15.4. The minimum Gasteiger partial charge on any atom is 0 e. The van der Waals surface area contributed by atoms with Crippen molar-refractivity contribution in [3.8, 4) is 39.6 Å². The van der Waals surface area contributed by atoms with Crippen LogP contribution in [0.1, 0.15) is 9.68 Å². The second kappa shape index (κ2) is 15.7. The van der Waals surface area contributed by atoms with Gasteiger partial charge in [-0.25, -0.2) is 9.37 Å². The number of nitrogens with zero attached hydrogens (tertiary/aromatic N) is 4. The molecule has 0 aliphatic carbocycles. The van der Waals surface area contributed by atoms with Gasteiger partial charge in [0.05, 0.1) is 28.1 Å². The van der Waals surface area contributed by atoms with Gasteiger partial charge in [-0.15, -0.1) is 18.2 Å². The number of rotatable bonds is 5. The number of halogens is 1. The van der Waals surface area contributed by atoms with Crippen LogP contribution in [0.2, 0.25) is 17.3 Å². The number of fused-ring (bicyclic) bond motifs is 5. The maximum Gasteiger partial charge on any atom is 0 e. The molecule has 57 heavy (non-hydrogen) atoms. The molecule has 0 unspecified atom stereocenters. The van der Waals surface area contributed by atoms with Gasteiger partial charge in [0, 0.05) is 40.9 Å². The standard InChI is InChI=1S/C35H21FN3O.C14H16GeN.Ir/c1-21-8-2-5-11-25(21)30-19-18-27-26-12-6-13-28(33(26)40-35(27)38-30)34-37-31-15-7-14-29(36)32(31)39(34)24-17-16-22-9-3-4-10-23(22)20-24;1-15(2,3)13-9-10-14(16-11-13)12-7-5-4-6-8-12;/h2-12,14-20H,1H3;4-7,9-11H,1-3H3;/q2*-1;/i1D3;;. The fourth-order valence-corrected chi connectivity index (χ4v) is 9.19. The molecule has 0 amide bonds. The zero-order valence-electron chi connectivity index (χ0n) is 34.3. The van der Waals surface area contributed by atoms with Gasteiger partial charge in [0.1, 0.15) is 5.82 Å². The minimum atomic E-state index is -2.29. The first-order valence-corrected chi connectivity index (χ1v) is 25.7. The molecule has 0 atom stereocenters. The second-order valence-electron chi connectivity index (χ2n) is 14.7. The van der Waals surface area contributed by atoms with E-state index in [9.17, 15) is 0 Å². The minimum absolute atomic E-state index is 0. The summed E-state index contributed by atoms with van der Waals surface area (Å²) >= 11 is -1.72. The third kappa shape index (κ3) is 7.35. The van der Waals surface area contributed by atoms with Gasteiger partial charge in [-0.05, 0) is 59.6 Å². The quantitative estimate of drug-likeness (QED) is 0.127. The van der Waals surface area contributed by atoms with Gasteiger partial charge in [-0.1, -0.05) is 71.6 Å². The van der Waals surface area contributed by atoms with Crippen LogP contribution in [0.15, 0.2) is 156 Å². The molecule has 0 fully saturated rings. The van der Waals surface area contributed by atoms with Gasteiger partial charge < -0.3 is 8.98 Å². The molecule has 0 spiro atoms. The number of hydrogen-bond donors (Lipinski definition) is 0. The van der Waals surface area contributed by atoms with E-state index in [1.165, 1.54) is 10.5 Å². The van der Waals surface area contributed by atoms with E-state index in [1.807, 2.05) is 85.1 Å². The second-order valence-corrected chi connectivity index (χ2v) is 25.3. The number of aromatic nitrogens is 4. The van der Waals surface area contributed by atoms with Crippen molar-refractivity contribution in [1.82, 2.24) is 19.5 Å². The van der Waals surface area contributed by atoms with E-state index in [4.69, 9.17) is 18.5 Å². The maximum absolute atomic E-state index is 15.4. The van der Waals surface area contributed by atoms with Gasteiger partial charge in [0.15, 0.2) is 0 Å². The molecule has 6 aromatic carbocycles. The third-order valence-corrected chi connectivity index (χ3v) is 14.2. The molecule has 1 radical (unpaired) electrons. The smallest absolute Gasteiger partial charge is 0 e. The molecule has 0 saturated carbocycles. The van der Waals surface area contributed by atoms with E-state index in [1.54, 1.807) is 53.1 Å². The first-order valence-electron chi connectivity index (χ1n) is 19.9. The van der Waals surface area contributed by atoms with Crippen molar-refractivity contribution in [1.29, 1.82) is 0 Å². The predicted octanol–water partition coefficient (Wildman–Crippen LogP) is 12.1. The van der Waals surface area contributed by atoms with E-state index >= 15 is 4.39 Å². The Bertz CT molecular complexity index is 3160. The van der Waals surface area contributed by atoms with Crippen LogP contribution in [0.4, 0.5) is 4.39 Å². The largest absolute Gasteiger partial charge is 0 e. The fraction of sp³-hybridized carbons (Fsp3) is 0.0816. The summed E-state index contributed by atoms with van der Waals surface area (Å²) in [5, 5.41) is 3.65. The van der Waals surface area contributed by atoms with Gasteiger partial charge in [-0.3, -0.25) is 4.98 Å². The van der Waals surface area contributed by atoms with E-state index < -0.39 is 20.1 Å². The van der Waals surface area contributed by atoms with Crippen molar-refractivity contribution in [3.63, 3.8) is 0 Å². The molecule has 10 aromatic rings. The monoisotopic (exact) mass is 986 g/mol. The van der Waals surface area contributed by atoms with Crippen LogP contribution >= 0.6 is 0 Å². The van der Waals surface area contributed by atoms with Crippen molar-refractivity contribution in [2.45, 2.75) is 24.1 Å². The summed E-state index contributed by atoms with van der Waals surface area (Å²) in [7, 11) is 0. The summed E-state index contributed by atoms with van der Waals surface area (Å²) in [5.41, 5.74) is 6.34. The van der Waals surface area contributed by atoms with Crippen LogP contribution in [-0.2, 0) is 20.1 Å². The number of aryl methyl sites for hydroxylation is 1. The van der Waals surface area contributed by atoms with E-state index in [0.717, 1.165) is 38.5 Å². The van der Waals surface area contributed by atoms with Crippen molar-refractivity contribution >= 4 is 61.5 Å². The van der Waals surface area contributed by atoms with Gasteiger partial charge in [-0.2, -0.15) is 0 Å². The average molecular weight is 985 g/mol. The van der Waals surface area contributed by atoms with E-state index in [0.29, 0.717) is 45.0 Å². The molecule has 4 aromatic heterocycles. The van der Waals surface area contributed by atoms with Crippen molar-refractivity contribution in [2.75, 3.05) is 0 Å².